The second-order valence-corrected chi connectivity index (χ2v) is 10.7. The van der Waals surface area contributed by atoms with Gasteiger partial charge in [-0.1, -0.05) is 73.5 Å². The quantitative estimate of drug-likeness (QED) is 0.624. The molecule has 31 heavy (non-hydrogen) atoms. The molecule has 0 atom stereocenters. The first kappa shape index (κ1) is 23.8. The lowest BCUT2D eigenvalue weighted by molar-refractivity contribution is -0.122. The summed E-state index contributed by atoms with van der Waals surface area (Å²) in [5, 5.41) is 3.66. The minimum Gasteiger partial charge on any atom is -0.352 e. The maximum absolute atomic E-state index is 13.4. The van der Waals surface area contributed by atoms with Crippen LogP contribution in [0.25, 0.3) is 0 Å². The van der Waals surface area contributed by atoms with Crippen molar-refractivity contribution >= 4 is 27.5 Å². The van der Waals surface area contributed by atoms with Crippen molar-refractivity contribution in [2.45, 2.75) is 69.4 Å². The molecule has 1 N–H and O–H groups in total. The van der Waals surface area contributed by atoms with Crippen molar-refractivity contribution in [3.63, 3.8) is 0 Å². The summed E-state index contributed by atoms with van der Waals surface area (Å²) in [7, 11) is -3.84. The summed E-state index contributed by atoms with van der Waals surface area (Å²) in [5.41, 5.74) is 1.75. The molecule has 1 aliphatic rings. The van der Waals surface area contributed by atoms with E-state index >= 15 is 0 Å². The Morgan fingerprint density at radius 1 is 0.968 bits per heavy atom. The highest BCUT2D eigenvalue weighted by atomic mass is 35.5. The molecule has 168 valence electrons. The molecule has 0 bridgehead atoms. The number of nitrogens with one attached hydrogen (secondary N) is 1. The number of carbonyl (C=O) groups is 1. The number of halogens is 1. The van der Waals surface area contributed by atoms with E-state index < -0.39 is 10.0 Å². The van der Waals surface area contributed by atoms with Gasteiger partial charge in [0.1, 0.15) is 0 Å². The molecule has 0 saturated heterocycles. The van der Waals surface area contributed by atoms with Gasteiger partial charge in [-0.3, -0.25) is 4.79 Å². The van der Waals surface area contributed by atoms with Crippen LogP contribution in [0.2, 0.25) is 5.02 Å². The molecular weight excluding hydrogens is 432 g/mol. The summed E-state index contributed by atoms with van der Waals surface area (Å²) >= 11 is 5.97. The summed E-state index contributed by atoms with van der Waals surface area (Å²) in [6.07, 6.45) is 7.74. The number of rotatable bonds is 7. The minimum atomic E-state index is -3.84. The summed E-state index contributed by atoms with van der Waals surface area (Å²) in [4.78, 5) is 13.0. The van der Waals surface area contributed by atoms with Crippen LogP contribution in [0.4, 0.5) is 0 Å². The van der Waals surface area contributed by atoms with Crippen molar-refractivity contribution in [1.82, 2.24) is 9.62 Å². The molecule has 3 rings (SSSR count). The first-order valence-corrected chi connectivity index (χ1v) is 12.8. The van der Waals surface area contributed by atoms with E-state index in [1.165, 1.54) is 23.6 Å². The third kappa shape index (κ3) is 7.06. The fourth-order valence-electron chi connectivity index (χ4n) is 3.91. The van der Waals surface area contributed by atoms with Crippen LogP contribution in [0, 0.1) is 6.92 Å². The number of nitrogens with zero attached hydrogens (tertiary/aromatic N) is 1. The third-order valence-electron chi connectivity index (χ3n) is 5.72. The Balaban J connectivity index is 1.78. The van der Waals surface area contributed by atoms with E-state index in [1.807, 2.05) is 6.92 Å². The summed E-state index contributed by atoms with van der Waals surface area (Å²) in [6.45, 7) is 1.80. The average molecular weight is 463 g/mol. The SMILES string of the molecule is Cc1ccc(S(=O)(=O)N(CC(=O)NC2CCCCCCC2)Cc2ccc(Cl)cc2)cc1. The predicted octanol–water partition coefficient (Wildman–Crippen LogP) is 5.07. The molecule has 0 heterocycles. The largest absolute Gasteiger partial charge is 0.352 e. The number of amides is 1. The van der Waals surface area contributed by atoms with Crippen molar-refractivity contribution in [1.29, 1.82) is 0 Å². The van der Waals surface area contributed by atoms with Gasteiger partial charge >= 0.3 is 0 Å². The molecule has 0 spiro atoms. The molecule has 0 aliphatic heterocycles. The third-order valence-corrected chi connectivity index (χ3v) is 7.78. The molecule has 2 aromatic rings. The Labute approximate surface area is 190 Å². The van der Waals surface area contributed by atoms with Crippen LogP contribution in [-0.2, 0) is 21.4 Å². The van der Waals surface area contributed by atoms with Gasteiger partial charge in [0.2, 0.25) is 15.9 Å². The van der Waals surface area contributed by atoms with Gasteiger partial charge in [-0.2, -0.15) is 4.31 Å². The number of aryl methyl sites for hydroxylation is 1. The molecule has 1 saturated carbocycles. The number of carbonyl (C=O) groups excluding carboxylic acids is 1. The van der Waals surface area contributed by atoms with E-state index in [9.17, 15) is 13.2 Å². The van der Waals surface area contributed by atoms with Gasteiger partial charge in [-0.25, -0.2) is 8.42 Å². The average Bonchev–Trinajstić information content (AvgIpc) is 2.71. The predicted molar refractivity (Wildman–Crippen MR) is 124 cm³/mol. The highest BCUT2D eigenvalue weighted by molar-refractivity contribution is 7.89. The van der Waals surface area contributed by atoms with E-state index in [2.05, 4.69) is 5.32 Å². The Kier molecular flexibility index (Phi) is 8.52. The zero-order valence-corrected chi connectivity index (χ0v) is 19.6. The van der Waals surface area contributed by atoms with Crippen LogP contribution in [0.15, 0.2) is 53.4 Å². The second kappa shape index (κ2) is 11.1. The number of sulfonamides is 1. The zero-order chi connectivity index (χ0) is 22.3. The highest BCUT2D eigenvalue weighted by Crippen LogP contribution is 2.21. The molecular formula is C24H31ClN2O3S. The Morgan fingerprint density at radius 3 is 2.16 bits per heavy atom. The molecule has 0 radical (unpaired) electrons. The number of hydrogen-bond donors (Lipinski definition) is 1. The first-order chi connectivity index (χ1) is 14.8. The highest BCUT2D eigenvalue weighted by Gasteiger charge is 2.27. The minimum absolute atomic E-state index is 0.103. The van der Waals surface area contributed by atoms with Crippen molar-refractivity contribution in [2.75, 3.05) is 6.54 Å². The smallest absolute Gasteiger partial charge is 0.243 e. The van der Waals surface area contributed by atoms with Crippen molar-refractivity contribution in [3.05, 3.63) is 64.7 Å². The molecule has 0 unspecified atom stereocenters. The summed E-state index contributed by atoms with van der Waals surface area (Å²) < 4.78 is 28.0. The summed E-state index contributed by atoms with van der Waals surface area (Å²) in [5.74, 6) is -0.254. The molecule has 2 aromatic carbocycles. The van der Waals surface area contributed by atoms with Crippen LogP contribution in [0.1, 0.15) is 56.1 Å². The van der Waals surface area contributed by atoms with Crippen LogP contribution in [-0.4, -0.2) is 31.2 Å². The van der Waals surface area contributed by atoms with Crippen LogP contribution < -0.4 is 5.32 Å². The molecule has 5 nitrogen and oxygen atoms in total. The Hall–Kier alpha value is -1.89. The Bertz CT molecular complexity index is 951. The molecule has 0 aromatic heterocycles. The first-order valence-electron chi connectivity index (χ1n) is 11.0. The van der Waals surface area contributed by atoms with Gasteiger partial charge < -0.3 is 5.32 Å². The van der Waals surface area contributed by atoms with E-state index in [-0.39, 0.29) is 29.9 Å². The maximum atomic E-state index is 13.4. The zero-order valence-electron chi connectivity index (χ0n) is 18.0. The van der Waals surface area contributed by atoms with Gasteiger partial charge in [-0.15, -0.1) is 0 Å². The normalized spacial score (nSPS) is 16.0. The van der Waals surface area contributed by atoms with E-state index in [0.29, 0.717) is 5.02 Å². The Morgan fingerprint density at radius 2 is 1.55 bits per heavy atom. The molecule has 1 fully saturated rings. The van der Waals surface area contributed by atoms with Crippen molar-refractivity contribution in [2.24, 2.45) is 0 Å². The van der Waals surface area contributed by atoms with E-state index in [1.54, 1.807) is 48.5 Å². The number of benzene rings is 2. The topological polar surface area (TPSA) is 66.5 Å². The lowest BCUT2D eigenvalue weighted by Gasteiger charge is -2.25. The lowest BCUT2D eigenvalue weighted by Crippen LogP contribution is -2.44. The molecule has 1 amide bonds. The van der Waals surface area contributed by atoms with Gasteiger partial charge in [0, 0.05) is 17.6 Å². The fourth-order valence-corrected chi connectivity index (χ4v) is 5.42. The van der Waals surface area contributed by atoms with Crippen molar-refractivity contribution in [3.8, 4) is 0 Å². The van der Waals surface area contributed by atoms with Gasteiger partial charge in [0.25, 0.3) is 0 Å². The van der Waals surface area contributed by atoms with Gasteiger partial charge in [0.05, 0.1) is 11.4 Å². The molecule has 7 heteroatoms. The monoisotopic (exact) mass is 462 g/mol. The second-order valence-electron chi connectivity index (χ2n) is 8.32. The van der Waals surface area contributed by atoms with Crippen LogP contribution in [0.5, 0.6) is 0 Å². The lowest BCUT2D eigenvalue weighted by atomic mass is 9.97. The fraction of sp³-hybridized carbons (Fsp3) is 0.458. The number of hydrogen-bond acceptors (Lipinski definition) is 3. The van der Waals surface area contributed by atoms with Crippen molar-refractivity contribution < 1.29 is 13.2 Å². The standard InChI is InChI=1S/C24H31ClN2O3S/c1-19-9-15-23(16-10-19)31(29,30)27(17-20-11-13-21(25)14-12-20)18-24(28)26-22-7-5-3-2-4-6-8-22/h9-16,22H,2-8,17-18H2,1H3,(H,26,28). The van der Waals surface area contributed by atoms with Gasteiger partial charge in [0.15, 0.2) is 0 Å². The van der Waals surface area contributed by atoms with E-state index in [0.717, 1.165) is 36.8 Å². The van der Waals surface area contributed by atoms with Crippen LogP contribution in [0.3, 0.4) is 0 Å². The maximum Gasteiger partial charge on any atom is 0.243 e. The summed E-state index contributed by atoms with van der Waals surface area (Å²) in [6, 6.07) is 13.8. The van der Waals surface area contributed by atoms with E-state index in [4.69, 9.17) is 11.6 Å². The van der Waals surface area contributed by atoms with Crippen LogP contribution >= 0.6 is 11.6 Å². The molecule has 1 aliphatic carbocycles. The van der Waals surface area contributed by atoms with Gasteiger partial charge in [-0.05, 0) is 49.6 Å².